The van der Waals surface area contributed by atoms with E-state index in [1.54, 1.807) is 5.57 Å². The molecule has 0 fully saturated rings. The lowest BCUT2D eigenvalue weighted by Crippen LogP contribution is -1.81. The molecule has 1 nitrogen and oxygen atoms in total. The Morgan fingerprint density at radius 1 is 1.06 bits per heavy atom. The van der Waals surface area contributed by atoms with Gasteiger partial charge in [0.05, 0.1) is 0 Å². The minimum absolute atomic E-state index is 1.20. The average Bonchev–Trinajstić information content (AvgIpc) is 2.26. The van der Waals surface area contributed by atoms with Gasteiger partial charge in [-0.15, -0.1) is 0 Å². The molecule has 92 valence electrons. The average molecular weight is 221 g/mol. The van der Waals surface area contributed by atoms with Crippen molar-refractivity contribution in [2.75, 3.05) is 7.05 Å². The van der Waals surface area contributed by atoms with Crippen LogP contribution in [0.4, 0.5) is 0 Å². The van der Waals surface area contributed by atoms with E-state index in [1.807, 2.05) is 13.3 Å². The number of rotatable bonds is 8. The zero-order valence-corrected chi connectivity index (χ0v) is 11.4. The fourth-order valence-corrected chi connectivity index (χ4v) is 1.68. The van der Waals surface area contributed by atoms with E-state index in [2.05, 4.69) is 37.9 Å². The summed E-state index contributed by atoms with van der Waals surface area (Å²) in [4.78, 5) is 3.95. The highest BCUT2D eigenvalue weighted by molar-refractivity contribution is 5.71. The maximum atomic E-state index is 3.95. The van der Waals surface area contributed by atoms with E-state index in [-0.39, 0.29) is 0 Å². The Kier molecular flexibility index (Phi) is 10.1. The van der Waals surface area contributed by atoms with Crippen LogP contribution < -0.4 is 0 Å². The normalized spacial score (nSPS) is 13.8. The molecule has 1 heteroatoms. The first-order valence-electron chi connectivity index (χ1n) is 6.44. The van der Waals surface area contributed by atoms with Crippen LogP contribution >= 0.6 is 0 Å². The second-order valence-electron chi connectivity index (χ2n) is 4.47. The highest BCUT2D eigenvalue weighted by Gasteiger charge is 1.91. The maximum absolute atomic E-state index is 3.95. The zero-order chi connectivity index (χ0) is 12.2. The smallest absolute Gasteiger partial charge is 0.0277 e. The predicted molar refractivity (Wildman–Crippen MR) is 75.3 cm³/mol. The Balaban J connectivity index is 3.57. The second kappa shape index (κ2) is 10.7. The van der Waals surface area contributed by atoms with Crippen LogP contribution in [0.2, 0.25) is 0 Å². The van der Waals surface area contributed by atoms with Gasteiger partial charge in [0.25, 0.3) is 0 Å². The van der Waals surface area contributed by atoms with Crippen molar-refractivity contribution >= 4 is 6.21 Å². The molecule has 0 N–H and O–H groups in total. The van der Waals surface area contributed by atoms with Crippen molar-refractivity contribution in [3.63, 3.8) is 0 Å². The third-order valence-electron chi connectivity index (χ3n) is 2.67. The molecule has 0 unspecified atom stereocenters. The third kappa shape index (κ3) is 9.70. The van der Waals surface area contributed by atoms with Crippen molar-refractivity contribution in [1.82, 2.24) is 0 Å². The quantitative estimate of drug-likeness (QED) is 0.313. The van der Waals surface area contributed by atoms with E-state index in [4.69, 9.17) is 0 Å². The Morgan fingerprint density at radius 3 is 2.44 bits per heavy atom. The molecule has 0 rings (SSSR count). The van der Waals surface area contributed by atoms with Crippen molar-refractivity contribution in [2.45, 2.75) is 59.3 Å². The van der Waals surface area contributed by atoms with Crippen LogP contribution in [0, 0.1) is 0 Å². The summed E-state index contributed by atoms with van der Waals surface area (Å²) in [7, 11) is 1.81. The standard InChI is InChI=1S/C15H27N/c1-5-9-14(2)10-7-6-8-11-15(3)12-13-16-4/h10,12-13H,5-9,11H2,1-4H3. The van der Waals surface area contributed by atoms with E-state index >= 15 is 0 Å². The van der Waals surface area contributed by atoms with Gasteiger partial charge in [0.1, 0.15) is 0 Å². The third-order valence-corrected chi connectivity index (χ3v) is 2.67. The fourth-order valence-electron chi connectivity index (χ4n) is 1.68. The van der Waals surface area contributed by atoms with Crippen LogP contribution in [-0.4, -0.2) is 13.3 Å². The monoisotopic (exact) mass is 221 g/mol. The van der Waals surface area contributed by atoms with Crippen molar-refractivity contribution in [3.8, 4) is 0 Å². The molecule has 0 aliphatic carbocycles. The van der Waals surface area contributed by atoms with Gasteiger partial charge in [-0.3, -0.25) is 4.99 Å². The Bertz CT molecular complexity index is 246. The molecular weight excluding hydrogens is 194 g/mol. The van der Waals surface area contributed by atoms with Gasteiger partial charge in [-0.1, -0.05) is 30.6 Å². The molecule has 0 saturated heterocycles. The van der Waals surface area contributed by atoms with Gasteiger partial charge in [-0.2, -0.15) is 0 Å². The van der Waals surface area contributed by atoms with Gasteiger partial charge in [-0.05, 0) is 52.0 Å². The Labute approximate surface area is 101 Å². The molecule has 0 atom stereocenters. The molecule has 0 aromatic rings. The van der Waals surface area contributed by atoms with Crippen LogP contribution in [-0.2, 0) is 0 Å². The lowest BCUT2D eigenvalue weighted by molar-refractivity contribution is 0.737. The summed E-state index contributed by atoms with van der Waals surface area (Å²) in [5.41, 5.74) is 2.98. The van der Waals surface area contributed by atoms with Gasteiger partial charge in [0.2, 0.25) is 0 Å². The molecule has 0 aromatic heterocycles. The first kappa shape index (κ1) is 15.2. The molecule has 0 radical (unpaired) electrons. The molecule has 0 amide bonds. The number of nitrogens with zero attached hydrogens (tertiary/aromatic N) is 1. The molecule has 16 heavy (non-hydrogen) atoms. The zero-order valence-electron chi connectivity index (χ0n) is 11.4. The molecule has 0 spiro atoms. The topological polar surface area (TPSA) is 12.4 Å². The Hall–Kier alpha value is -0.850. The largest absolute Gasteiger partial charge is 0.297 e. The van der Waals surface area contributed by atoms with Crippen LogP contribution in [0.15, 0.2) is 28.3 Å². The first-order valence-corrected chi connectivity index (χ1v) is 6.44. The number of hydrogen-bond acceptors (Lipinski definition) is 1. The fraction of sp³-hybridized carbons (Fsp3) is 0.667. The second-order valence-corrected chi connectivity index (χ2v) is 4.47. The van der Waals surface area contributed by atoms with Crippen molar-refractivity contribution in [1.29, 1.82) is 0 Å². The van der Waals surface area contributed by atoms with Crippen LogP contribution in [0.1, 0.15) is 59.3 Å². The molecular formula is C15H27N. The highest BCUT2D eigenvalue weighted by Crippen LogP contribution is 2.10. The minimum Gasteiger partial charge on any atom is -0.297 e. The summed E-state index contributed by atoms with van der Waals surface area (Å²) in [6.45, 7) is 6.66. The first-order chi connectivity index (χ1) is 7.70. The van der Waals surface area contributed by atoms with Crippen molar-refractivity contribution in [3.05, 3.63) is 23.3 Å². The SMILES string of the molecule is CCCC(C)=CCCCCC(C)=CC=NC. The molecule has 0 aliphatic rings. The van der Waals surface area contributed by atoms with Gasteiger partial charge in [0, 0.05) is 13.3 Å². The van der Waals surface area contributed by atoms with Crippen LogP contribution in [0.25, 0.3) is 0 Å². The number of unbranched alkanes of at least 4 members (excludes halogenated alkanes) is 2. The summed E-state index contributed by atoms with van der Waals surface area (Å²) in [6.07, 6.45) is 13.9. The number of hydrogen-bond donors (Lipinski definition) is 0. The van der Waals surface area contributed by atoms with Gasteiger partial charge in [0.15, 0.2) is 0 Å². The van der Waals surface area contributed by atoms with Crippen LogP contribution in [0.5, 0.6) is 0 Å². The van der Waals surface area contributed by atoms with Crippen molar-refractivity contribution < 1.29 is 0 Å². The summed E-state index contributed by atoms with van der Waals surface area (Å²) in [6, 6.07) is 0. The van der Waals surface area contributed by atoms with Gasteiger partial charge < -0.3 is 0 Å². The van der Waals surface area contributed by atoms with Crippen LogP contribution in [0.3, 0.4) is 0 Å². The summed E-state index contributed by atoms with van der Waals surface area (Å²) in [5.74, 6) is 0. The molecule has 0 heterocycles. The minimum atomic E-state index is 1.20. The van der Waals surface area contributed by atoms with E-state index < -0.39 is 0 Å². The summed E-state index contributed by atoms with van der Waals surface area (Å²) < 4.78 is 0. The van der Waals surface area contributed by atoms with Gasteiger partial charge in [-0.25, -0.2) is 0 Å². The van der Waals surface area contributed by atoms with Gasteiger partial charge >= 0.3 is 0 Å². The van der Waals surface area contributed by atoms with E-state index in [9.17, 15) is 0 Å². The molecule has 0 aliphatic heterocycles. The summed E-state index contributed by atoms with van der Waals surface area (Å²) >= 11 is 0. The van der Waals surface area contributed by atoms with E-state index in [0.717, 1.165) is 0 Å². The predicted octanol–water partition coefficient (Wildman–Crippen LogP) is 4.94. The lowest BCUT2D eigenvalue weighted by atomic mass is 10.1. The maximum Gasteiger partial charge on any atom is 0.0277 e. The lowest BCUT2D eigenvalue weighted by Gasteiger charge is -2.00. The Morgan fingerprint density at radius 2 is 1.81 bits per heavy atom. The van der Waals surface area contributed by atoms with E-state index in [0.29, 0.717) is 0 Å². The molecule has 0 bridgehead atoms. The highest BCUT2D eigenvalue weighted by atomic mass is 14.6. The number of allylic oxidation sites excluding steroid dienone is 4. The number of aliphatic imine (C=N–C) groups is 1. The van der Waals surface area contributed by atoms with E-state index in [1.165, 1.54) is 44.1 Å². The summed E-state index contributed by atoms with van der Waals surface area (Å²) in [5, 5.41) is 0. The molecule has 0 saturated carbocycles. The molecule has 0 aromatic carbocycles. The van der Waals surface area contributed by atoms with Crippen molar-refractivity contribution in [2.24, 2.45) is 4.99 Å².